The molecule has 0 aromatic carbocycles. The molecule has 0 bridgehead atoms. The Morgan fingerprint density at radius 3 is 2.85 bits per heavy atom. The van der Waals surface area contributed by atoms with Crippen LogP contribution in [0.25, 0.3) is 0 Å². The summed E-state index contributed by atoms with van der Waals surface area (Å²) in [5, 5.41) is 7.28. The summed E-state index contributed by atoms with van der Waals surface area (Å²) in [6.45, 7) is 8.19. The van der Waals surface area contributed by atoms with E-state index in [0.29, 0.717) is 31.4 Å². The predicted molar refractivity (Wildman–Crippen MR) is 78.8 cm³/mol. The van der Waals surface area contributed by atoms with Gasteiger partial charge < -0.3 is 9.88 Å². The molecule has 0 unspecified atom stereocenters. The minimum absolute atomic E-state index is 0.0714. The van der Waals surface area contributed by atoms with Crippen molar-refractivity contribution in [1.82, 2.24) is 19.3 Å². The van der Waals surface area contributed by atoms with Gasteiger partial charge in [0.25, 0.3) is 5.56 Å². The molecule has 6 nitrogen and oxygen atoms in total. The van der Waals surface area contributed by atoms with Crippen LogP contribution in [0.1, 0.15) is 19.4 Å². The van der Waals surface area contributed by atoms with E-state index in [0.717, 1.165) is 5.56 Å². The van der Waals surface area contributed by atoms with Gasteiger partial charge in [0.1, 0.15) is 0 Å². The van der Waals surface area contributed by atoms with Crippen molar-refractivity contribution in [2.45, 2.75) is 33.9 Å². The van der Waals surface area contributed by atoms with E-state index in [9.17, 15) is 4.79 Å². The number of aromatic nitrogens is 4. The molecule has 108 valence electrons. The molecule has 1 N–H and O–H groups in total. The maximum Gasteiger partial charge on any atom is 0.293 e. The van der Waals surface area contributed by atoms with E-state index in [1.165, 1.54) is 0 Å². The van der Waals surface area contributed by atoms with Crippen LogP contribution in [-0.2, 0) is 13.1 Å². The van der Waals surface area contributed by atoms with E-state index in [1.54, 1.807) is 17.0 Å². The average Bonchev–Trinajstić information content (AvgIpc) is 2.79. The van der Waals surface area contributed by atoms with Gasteiger partial charge in [-0.1, -0.05) is 13.8 Å². The lowest BCUT2D eigenvalue weighted by Crippen LogP contribution is -2.27. The summed E-state index contributed by atoms with van der Waals surface area (Å²) in [5.74, 6) is 0.826. The molecule has 0 fully saturated rings. The van der Waals surface area contributed by atoms with Gasteiger partial charge in [0.15, 0.2) is 5.82 Å². The van der Waals surface area contributed by atoms with Gasteiger partial charge >= 0.3 is 0 Å². The molecular weight excluding hydrogens is 254 g/mol. The maximum atomic E-state index is 12.2. The molecule has 0 aliphatic heterocycles. The molecule has 6 heteroatoms. The minimum Gasteiger partial charge on any atom is -0.364 e. The standard InChI is InChI=1S/C14H21N5O/c1-11(2)9-18-6-4-15-13(14(18)20)16-5-7-19-10-12(3)8-17-19/h4,6,8,10-11H,5,7,9H2,1-3H3,(H,15,16). The van der Waals surface area contributed by atoms with Gasteiger partial charge in [0.05, 0.1) is 12.7 Å². The zero-order chi connectivity index (χ0) is 14.5. The molecule has 2 heterocycles. The number of rotatable bonds is 6. The molecule has 20 heavy (non-hydrogen) atoms. The highest BCUT2D eigenvalue weighted by atomic mass is 16.1. The van der Waals surface area contributed by atoms with Gasteiger partial charge in [-0.3, -0.25) is 9.48 Å². The third-order valence-electron chi connectivity index (χ3n) is 2.87. The summed E-state index contributed by atoms with van der Waals surface area (Å²) in [7, 11) is 0. The third-order valence-corrected chi connectivity index (χ3v) is 2.87. The van der Waals surface area contributed by atoms with E-state index >= 15 is 0 Å². The molecule has 0 amide bonds. The first-order valence-electron chi connectivity index (χ1n) is 6.84. The molecule has 0 aliphatic carbocycles. The Morgan fingerprint density at radius 2 is 2.20 bits per heavy atom. The monoisotopic (exact) mass is 275 g/mol. The number of hydrogen-bond donors (Lipinski definition) is 1. The van der Waals surface area contributed by atoms with E-state index in [2.05, 4.69) is 29.2 Å². The summed E-state index contributed by atoms with van der Waals surface area (Å²) in [6, 6.07) is 0. The van der Waals surface area contributed by atoms with Crippen molar-refractivity contribution < 1.29 is 0 Å². The molecular formula is C14H21N5O. The molecule has 2 aromatic rings. The van der Waals surface area contributed by atoms with Crippen LogP contribution in [0.3, 0.4) is 0 Å². The highest BCUT2D eigenvalue weighted by Crippen LogP contribution is 1.99. The van der Waals surface area contributed by atoms with Gasteiger partial charge in [0.2, 0.25) is 0 Å². The van der Waals surface area contributed by atoms with Gasteiger partial charge in [-0.15, -0.1) is 0 Å². The quantitative estimate of drug-likeness (QED) is 0.868. The van der Waals surface area contributed by atoms with Crippen LogP contribution >= 0.6 is 0 Å². The molecule has 0 saturated carbocycles. The minimum atomic E-state index is -0.0714. The van der Waals surface area contributed by atoms with Crippen LogP contribution in [-0.4, -0.2) is 25.9 Å². The maximum absolute atomic E-state index is 12.2. The zero-order valence-electron chi connectivity index (χ0n) is 12.2. The molecule has 0 atom stereocenters. The molecule has 0 saturated heterocycles. The fraction of sp³-hybridized carbons (Fsp3) is 0.500. The topological polar surface area (TPSA) is 64.7 Å². The normalized spacial score (nSPS) is 11.0. The van der Waals surface area contributed by atoms with Gasteiger partial charge in [-0.25, -0.2) is 4.98 Å². The highest BCUT2D eigenvalue weighted by molar-refractivity contribution is 5.30. The lowest BCUT2D eigenvalue weighted by atomic mass is 10.2. The Morgan fingerprint density at radius 1 is 1.40 bits per heavy atom. The van der Waals surface area contributed by atoms with Crippen molar-refractivity contribution in [2.75, 3.05) is 11.9 Å². The van der Waals surface area contributed by atoms with Crippen LogP contribution in [0.4, 0.5) is 5.82 Å². The first kappa shape index (κ1) is 14.3. The number of nitrogens with zero attached hydrogens (tertiary/aromatic N) is 4. The molecule has 0 spiro atoms. The van der Waals surface area contributed by atoms with Crippen LogP contribution in [0.2, 0.25) is 0 Å². The largest absolute Gasteiger partial charge is 0.364 e. The Balaban J connectivity index is 1.97. The van der Waals surface area contributed by atoms with E-state index in [1.807, 2.05) is 24.0 Å². The average molecular weight is 275 g/mol. The molecule has 2 rings (SSSR count). The first-order chi connectivity index (χ1) is 9.56. The van der Waals surface area contributed by atoms with Crippen molar-refractivity contribution in [2.24, 2.45) is 5.92 Å². The van der Waals surface area contributed by atoms with E-state index in [4.69, 9.17) is 0 Å². The summed E-state index contributed by atoms with van der Waals surface area (Å²) < 4.78 is 3.54. The Kier molecular flexibility index (Phi) is 4.55. The fourth-order valence-corrected chi connectivity index (χ4v) is 1.98. The van der Waals surface area contributed by atoms with Gasteiger partial charge in [-0.05, 0) is 18.4 Å². The van der Waals surface area contributed by atoms with Crippen LogP contribution in [0.15, 0.2) is 29.6 Å². The smallest absolute Gasteiger partial charge is 0.293 e. The van der Waals surface area contributed by atoms with Crippen molar-refractivity contribution in [3.05, 3.63) is 40.7 Å². The third kappa shape index (κ3) is 3.69. The second kappa shape index (κ2) is 6.36. The fourth-order valence-electron chi connectivity index (χ4n) is 1.98. The number of aryl methyl sites for hydroxylation is 1. The second-order valence-electron chi connectivity index (χ2n) is 5.33. The molecule has 0 radical (unpaired) electrons. The lowest BCUT2D eigenvalue weighted by molar-refractivity contribution is 0.509. The Labute approximate surface area is 118 Å². The Hall–Kier alpha value is -2.11. The first-order valence-corrected chi connectivity index (χ1v) is 6.84. The van der Waals surface area contributed by atoms with Gasteiger partial charge in [-0.2, -0.15) is 5.10 Å². The Bertz CT molecular complexity index is 614. The van der Waals surface area contributed by atoms with Crippen molar-refractivity contribution in [3.8, 4) is 0 Å². The second-order valence-corrected chi connectivity index (χ2v) is 5.33. The number of hydrogen-bond acceptors (Lipinski definition) is 4. The summed E-state index contributed by atoms with van der Waals surface area (Å²) in [5.41, 5.74) is 1.06. The summed E-state index contributed by atoms with van der Waals surface area (Å²) in [4.78, 5) is 16.3. The van der Waals surface area contributed by atoms with Crippen LogP contribution in [0.5, 0.6) is 0 Å². The van der Waals surface area contributed by atoms with Crippen LogP contribution in [0, 0.1) is 12.8 Å². The molecule has 2 aromatic heterocycles. The number of anilines is 1. The van der Waals surface area contributed by atoms with Crippen LogP contribution < -0.4 is 10.9 Å². The molecule has 0 aliphatic rings. The number of nitrogens with one attached hydrogen (secondary N) is 1. The zero-order valence-corrected chi connectivity index (χ0v) is 12.2. The van der Waals surface area contributed by atoms with Crippen molar-refractivity contribution >= 4 is 5.82 Å². The lowest BCUT2D eigenvalue weighted by Gasteiger charge is -2.10. The van der Waals surface area contributed by atoms with E-state index in [-0.39, 0.29) is 5.56 Å². The SMILES string of the molecule is Cc1cnn(CCNc2nccn(CC(C)C)c2=O)c1. The summed E-state index contributed by atoms with van der Waals surface area (Å²) >= 11 is 0. The van der Waals surface area contributed by atoms with Crippen molar-refractivity contribution in [1.29, 1.82) is 0 Å². The van der Waals surface area contributed by atoms with E-state index < -0.39 is 0 Å². The predicted octanol–water partition coefficient (Wildman–Crippen LogP) is 1.52. The summed E-state index contributed by atoms with van der Waals surface area (Å²) in [6.07, 6.45) is 7.17. The van der Waals surface area contributed by atoms with Crippen molar-refractivity contribution in [3.63, 3.8) is 0 Å². The highest BCUT2D eigenvalue weighted by Gasteiger charge is 2.05. The van der Waals surface area contributed by atoms with Gasteiger partial charge in [0, 0.05) is 31.7 Å².